The Balaban J connectivity index is 2.18. The van der Waals surface area contributed by atoms with Crippen LogP contribution in [0.4, 0.5) is 8.78 Å². The normalized spacial score (nSPS) is 12.7. The van der Waals surface area contributed by atoms with Crippen molar-refractivity contribution in [3.63, 3.8) is 0 Å². The molecule has 1 N–H and O–H groups in total. The Morgan fingerprint density at radius 2 is 1.89 bits per heavy atom. The van der Waals surface area contributed by atoms with Gasteiger partial charge in [-0.2, -0.15) is 0 Å². The van der Waals surface area contributed by atoms with Crippen LogP contribution in [-0.2, 0) is 6.42 Å². The van der Waals surface area contributed by atoms with E-state index in [-0.39, 0.29) is 6.42 Å². The molecule has 1 heterocycles. The minimum Gasteiger partial charge on any atom is -0.387 e. The van der Waals surface area contributed by atoms with Gasteiger partial charge in [0.15, 0.2) is 11.6 Å². The van der Waals surface area contributed by atoms with E-state index in [0.29, 0.717) is 5.56 Å². The van der Waals surface area contributed by atoms with Gasteiger partial charge in [0, 0.05) is 16.2 Å². The molecule has 0 saturated carbocycles. The highest BCUT2D eigenvalue weighted by Crippen LogP contribution is 2.29. The molecule has 0 aliphatic heterocycles. The molecule has 0 fully saturated rings. The average Bonchev–Trinajstić information content (AvgIpc) is 2.63. The second kappa shape index (κ2) is 5.16. The number of halogens is 2. The highest BCUT2D eigenvalue weighted by molar-refractivity contribution is 7.12. The maximum absolute atomic E-state index is 13.1. The van der Waals surface area contributed by atoms with Gasteiger partial charge in [0.2, 0.25) is 0 Å². The third-order valence-corrected chi connectivity index (χ3v) is 4.05. The molecule has 4 heteroatoms. The summed E-state index contributed by atoms with van der Waals surface area (Å²) in [5, 5.41) is 10.1. The van der Waals surface area contributed by atoms with E-state index >= 15 is 0 Å². The van der Waals surface area contributed by atoms with Crippen molar-refractivity contribution in [2.24, 2.45) is 0 Å². The SMILES string of the molecule is Cc1cc(C)c(C(O)Cc2ccc(F)c(F)c2)s1. The monoisotopic (exact) mass is 268 g/mol. The van der Waals surface area contributed by atoms with Crippen LogP contribution in [0.2, 0.25) is 0 Å². The molecule has 18 heavy (non-hydrogen) atoms. The fourth-order valence-corrected chi connectivity index (χ4v) is 2.99. The molecule has 0 aliphatic rings. The summed E-state index contributed by atoms with van der Waals surface area (Å²) in [7, 11) is 0. The van der Waals surface area contributed by atoms with E-state index < -0.39 is 17.7 Å². The van der Waals surface area contributed by atoms with Crippen LogP contribution in [0.25, 0.3) is 0 Å². The first-order valence-corrected chi connectivity index (χ1v) is 6.48. The summed E-state index contributed by atoms with van der Waals surface area (Å²) < 4.78 is 25.9. The Labute approximate surface area is 109 Å². The molecule has 1 unspecified atom stereocenters. The molecule has 1 nitrogen and oxygen atoms in total. The number of aliphatic hydroxyl groups is 1. The van der Waals surface area contributed by atoms with Crippen LogP contribution in [0.1, 0.15) is 27.0 Å². The summed E-state index contributed by atoms with van der Waals surface area (Å²) in [4.78, 5) is 2.02. The lowest BCUT2D eigenvalue weighted by atomic mass is 10.0. The van der Waals surface area contributed by atoms with E-state index in [2.05, 4.69) is 0 Å². The highest BCUT2D eigenvalue weighted by atomic mass is 32.1. The van der Waals surface area contributed by atoms with Gasteiger partial charge in [-0.1, -0.05) is 6.07 Å². The van der Waals surface area contributed by atoms with Crippen LogP contribution in [0.15, 0.2) is 24.3 Å². The third-order valence-electron chi connectivity index (χ3n) is 2.80. The fourth-order valence-electron chi connectivity index (χ4n) is 1.97. The van der Waals surface area contributed by atoms with E-state index in [1.165, 1.54) is 17.4 Å². The lowest BCUT2D eigenvalue weighted by Gasteiger charge is -2.10. The van der Waals surface area contributed by atoms with Crippen LogP contribution in [0.3, 0.4) is 0 Å². The minimum absolute atomic E-state index is 0.290. The van der Waals surface area contributed by atoms with Crippen molar-refractivity contribution in [3.05, 3.63) is 56.8 Å². The Bertz CT molecular complexity index is 563. The average molecular weight is 268 g/mol. The van der Waals surface area contributed by atoms with Crippen molar-refractivity contribution in [1.29, 1.82) is 0 Å². The topological polar surface area (TPSA) is 20.2 Å². The summed E-state index contributed by atoms with van der Waals surface area (Å²) in [6.07, 6.45) is -0.383. The number of aryl methyl sites for hydroxylation is 2. The first kappa shape index (κ1) is 13.2. The number of hydrogen-bond acceptors (Lipinski definition) is 2. The molecule has 1 aromatic carbocycles. The lowest BCUT2D eigenvalue weighted by Crippen LogP contribution is -2.02. The number of benzene rings is 1. The quantitative estimate of drug-likeness (QED) is 0.894. The molecule has 0 radical (unpaired) electrons. The maximum atomic E-state index is 13.1. The summed E-state index contributed by atoms with van der Waals surface area (Å²) in [6.45, 7) is 3.92. The predicted molar refractivity (Wildman–Crippen MR) is 68.8 cm³/mol. The van der Waals surface area contributed by atoms with E-state index in [4.69, 9.17) is 0 Å². The van der Waals surface area contributed by atoms with Gasteiger partial charge < -0.3 is 5.11 Å². The van der Waals surface area contributed by atoms with Crippen LogP contribution >= 0.6 is 11.3 Å². The zero-order valence-electron chi connectivity index (χ0n) is 10.2. The van der Waals surface area contributed by atoms with E-state index in [0.717, 1.165) is 27.5 Å². The highest BCUT2D eigenvalue weighted by Gasteiger charge is 2.15. The molecule has 2 aromatic rings. The van der Waals surface area contributed by atoms with Gasteiger partial charge in [0.25, 0.3) is 0 Å². The number of hydrogen-bond donors (Lipinski definition) is 1. The van der Waals surface area contributed by atoms with Crippen molar-refractivity contribution in [3.8, 4) is 0 Å². The predicted octanol–water partition coefficient (Wildman–Crippen LogP) is 3.92. The standard InChI is InChI=1S/C14H14F2OS/c1-8-5-9(2)18-14(8)13(17)7-10-3-4-11(15)12(16)6-10/h3-6,13,17H,7H2,1-2H3. The third kappa shape index (κ3) is 2.76. The first-order chi connectivity index (χ1) is 8.47. The molecule has 0 spiro atoms. The van der Waals surface area contributed by atoms with Crippen LogP contribution in [0, 0.1) is 25.5 Å². The van der Waals surface area contributed by atoms with Crippen LogP contribution in [0.5, 0.6) is 0 Å². The minimum atomic E-state index is -0.876. The van der Waals surface area contributed by atoms with Gasteiger partial charge in [-0.05, 0) is 43.2 Å². The van der Waals surface area contributed by atoms with E-state index in [1.807, 2.05) is 19.9 Å². The van der Waals surface area contributed by atoms with Crippen molar-refractivity contribution >= 4 is 11.3 Å². The van der Waals surface area contributed by atoms with Gasteiger partial charge in [0.1, 0.15) is 0 Å². The summed E-state index contributed by atoms with van der Waals surface area (Å²) in [5.74, 6) is -1.74. The second-order valence-electron chi connectivity index (χ2n) is 4.37. The molecule has 0 aliphatic carbocycles. The molecule has 1 atom stereocenters. The van der Waals surface area contributed by atoms with Crippen molar-refractivity contribution in [1.82, 2.24) is 0 Å². The lowest BCUT2D eigenvalue weighted by molar-refractivity contribution is 0.181. The zero-order chi connectivity index (χ0) is 13.3. The Morgan fingerprint density at radius 3 is 2.44 bits per heavy atom. The summed E-state index contributed by atoms with van der Waals surface area (Å²) in [6, 6.07) is 5.73. The molecule has 0 amide bonds. The summed E-state index contributed by atoms with van der Waals surface area (Å²) in [5.41, 5.74) is 1.62. The Hall–Kier alpha value is -1.26. The molecule has 0 saturated heterocycles. The molecular weight excluding hydrogens is 254 g/mol. The van der Waals surface area contributed by atoms with Crippen LogP contribution in [-0.4, -0.2) is 5.11 Å². The Kier molecular flexibility index (Phi) is 3.78. The smallest absolute Gasteiger partial charge is 0.159 e. The molecular formula is C14H14F2OS. The van der Waals surface area contributed by atoms with Crippen molar-refractivity contribution < 1.29 is 13.9 Å². The molecule has 2 rings (SSSR count). The number of aliphatic hydroxyl groups excluding tert-OH is 1. The van der Waals surface area contributed by atoms with Gasteiger partial charge in [-0.3, -0.25) is 0 Å². The fraction of sp³-hybridized carbons (Fsp3) is 0.286. The van der Waals surface area contributed by atoms with E-state index in [1.54, 1.807) is 0 Å². The summed E-state index contributed by atoms with van der Waals surface area (Å²) >= 11 is 1.53. The van der Waals surface area contributed by atoms with Gasteiger partial charge >= 0.3 is 0 Å². The second-order valence-corrected chi connectivity index (χ2v) is 5.66. The first-order valence-electron chi connectivity index (χ1n) is 5.66. The van der Waals surface area contributed by atoms with Crippen LogP contribution < -0.4 is 0 Å². The van der Waals surface area contributed by atoms with E-state index in [9.17, 15) is 13.9 Å². The molecule has 0 bridgehead atoms. The van der Waals surface area contributed by atoms with Crippen molar-refractivity contribution in [2.45, 2.75) is 26.4 Å². The van der Waals surface area contributed by atoms with Gasteiger partial charge in [0.05, 0.1) is 6.10 Å². The Morgan fingerprint density at radius 1 is 1.17 bits per heavy atom. The maximum Gasteiger partial charge on any atom is 0.159 e. The van der Waals surface area contributed by atoms with Gasteiger partial charge in [-0.25, -0.2) is 8.78 Å². The number of thiophene rings is 1. The zero-order valence-corrected chi connectivity index (χ0v) is 11.0. The van der Waals surface area contributed by atoms with Gasteiger partial charge in [-0.15, -0.1) is 11.3 Å². The molecule has 96 valence electrons. The largest absolute Gasteiger partial charge is 0.387 e. The molecule has 1 aromatic heterocycles. The number of rotatable bonds is 3. The van der Waals surface area contributed by atoms with Crippen molar-refractivity contribution in [2.75, 3.05) is 0 Å².